The Morgan fingerprint density at radius 3 is 2.17 bits per heavy atom. The molecule has 1 aliphatic rings. The van der Waals surface area contributed by atoms with Gasteiger partial charge in [0.2, 0.25) is 0 Å². The highest BCUT2D eigenvalue weighted by Crippen LogP contribution is 2.17. The minimum Gasteiger partial charge on any atom is -0.465 e. The first-order chi connectivity index (χ1) is 11.0. The van der Waals surface area contributed by atoms with Crippen molar-refractivity contribution >= 4 is 23.7 Å². The Labute approximate surface area is 133 Å². The van der Waals surface area contributed by atoms with Crippen LogP contribution in [0.5, 0.6) is 0 Å². The summed E-state index contributed by atoms with van der Waals surface area (Å²) in [5.41, 5.74) is 0.550. The van der Waals surface area contributed by atoms with Gasteiger partial charge in [-0.25, -0.2) is 14.4 Å². The molecule has 0 saturated carbocycles. The van der Waals surface area contributed by atoms with Crippen molar-refractivity contribution in [2.45, 2.75) is 12.5 Å². The van der Waals surface area contributed by atoms with Crippen LogP contribution in [0.3, 0.4) is 0 Å². The minimum atomic E-state index is -0.622. The van der Waals surface area contributed by atoms with E-state index in [0.29, 0.717) is 13.2 Å². The fourth-order valence-electron chi connectivity index (χ4n) is 2.17. The molecule has 1 aromatic rings. The Balaban J connectivity index is 2.16. The lowest BCUT2D eigenvalue weighted by Crippen LogP contribution is -2.38. The standard InChI is InChI=1S/C15H18N2O6/c1-21-13(18)9-5-10(14(19)22-2)7-12(6-9)17-15(20)16-11-3-4-23-8-11/h5-7,11H,3-4,8H2,1-2H3,(H2,16,17,20)/t11-/m1/s1. The molecule has 2 rings (SSSR count). The summed E-state index contributed by atoms with van der Waals surface area (Å²) in [6.07, 6.45) is 0.739. The van der Waals surface area contributed by atoms with Crippen molar-refractivity contribution in [3.05, 3.63) is 29.3 Å². The highest BCUT2D eigenvalue weighted by atomic mass is 16.5. The van der Waals surface area contributed by atoms with Crippen LogP contribution in [0.1, 0.15) is 27.1 Å². The van der Waals surface area contributed by atoms with Crippen molar-refractivity contribution < 1.29 is 28.6 Å². The number of carbonyl (C=O) groups is 3. The molecular formula is C15H18N2O6. The molecule has 1 fully saturated rings. The lowest BCUT2D eigenvalue weighted by molar-refractivity contribution is 0.0599. The monoisotopic (exact) mass is 322 g/mol. The number of urea groups is 1. The number of esters is 2. The Morgan fingerprint density at radius 2 is 1.70 bits per heavy atom. The highest BCUT2D eigenvalue weighted by molar-refractivity contribution is 5.99. The number of hydrogen-bond donors (Lipinski definition) is 2. The zero-order valence-corrected chi connectivity index (χ0v) is 12.9. The minimum absolute atomic E-state index is 0.0566. The van der Waals surface area contributed by atoms with Crippen LogP contribution in [-0.4, -0.2) is 51.4 Å². The predicted octanol–water partition coefficient (Wildman–Crippen LogP) is 1.17. The number of rotatable bonds is 4. The van der Waals surface area contributed by atoms with Gasteiger partial charge in [-0.3, -0.25) is 0 Å². The molecule has 124 valence electrons. The van der Waals surface area contributed by atoms with Crippen LogP contribution >= 0.6 is 0 Å². The van der Waals surface area contributed by atoms with Gasteiger partial charge in [0.25, 0.3) is 0 Å². The van der Waals surface area contributed by atoms with Gasteiger partial charge in [-0.1, -0.05) is 0 Å². The van der Waals surface area contributed by atoms with Crippen molar-refractivity contribution in [1.29, 1.82) is 0 Å². The molecule has 2 amide bonds. The van der Waals surface area contributed by atoms with E-state index in [1.165, 1.54) is 32.4 Å². The van der Waals surface area contributed by atoms with Crippen LogP contribution in [0.2, 0.25) is 0 Å². The zero-order chi connectivity index (χ0) is 16.8. The van der Waals surface area contributed by atoms with E-state index in [1.807, 2.05) is 0 Å². The van der Waals surface area contributed by atoms with E-state index in [2.05, 4.69) is 20.1 Å². The third-order valence-corrected chi connectivity index (χ3v) is 3.30. The molecule has 0 unspecified atom stereocenters. The third-order valence-electron chi connectivity index (χ3n) is 3.30. The summed E-state index contributed by atoms with van der Waals surface area (Å²) >= 11 is 0. The van der Waals surface area contributed by atoms with Gasteiger partial charge in [0.05, 0.1) is 38.0 Å². The maximum absolute atomic E-state index is 12.0. The van der Waals surface area contributed by atoms with Crippen LogP contribution < -0.4 is 10.6 Å². The number of nitrogens with one attached hydrogen (secondary N) is 2. The van der Waals surface area contributed by atoms with E-state index in [4.69, 9.17) is 4.74 Å². The first-order valence-corrected chi connectivity index (χ1v) is 7.00. The van der Waals surface area contributed by atoms with Gasteiger partial charge >= 0.3 is 18.0 Å². The second-order valence-electron chi connectivity index (χ2n) is 4.94. The van der Waals surface area contributed by atoms with Gasteiger partial charge in [-0.15, -0.1) is 0 Å². The van der Waals surface area contributed by atoms with Gasteiger partial charge < -0.3 is 24.8 Å². The molecule has 2 N–H and O–H groups in total. The second-order valence-corrected chi connectivity index (χ2v) is 4.94. The first-order valence-electron chi connectivity index (χ1n) is 7.00. The van der Waals surface area contributed by atoms with Crippen molar-refractivity contribution in [3.8, 4) is 0 Å². The van der Waals surface area contributed by atoms with Crippen molar-refractivity contribution in [2.24, 2.45) is 0 Å². The lowest BCUT2D eigenvalue weighted by Gasteiger charge is -2.13. The predicted molar refractivity (Wildman–Crippen MR) is 80.5 cm³/mol. The molecule has 0 bridgehead atoms. The summed E-state index contributed by atoms with van der Waals surface area (Å²) in [6.45, 7) is 1.07. The first kappa shape index (κ1) is 16.8. The van der Waals surface area contributed by atoms with Crippen LogP contribution in [0.4, 0.5) is 10.5 Å². The van der Waals surface area contributed by atoms with Gasteiger partial charge in [0.15, 0.2) is 0 Å². The summed E-state index contributed by atoms with van der Waals surface area (Å²) < 4.78 is 14.4. The van der Waals surface area contributed by atoms with Crippen molar-refractivity contribution in [2.75, 3.05) is 32.8 Å². The summed E-state index contributed by atoms with van der Waals surface area (Å²) in [7, 11) is 2.46. The summed E-state index contributed by atoms with van der Waals surface area (Å²) in [6, 6.07) is 3.68. The van der Waals surface area contributed by atoms with Gasteiger partial charge in [0, 0.05) is 12.3 Å². The number of hydrogen-bond acceptors (Lipinski definition) is 6. The number of benzene rings is 1. The van der Waals surface area contributed by atoms with E-state index in [-0.39, 0.29) is 22.9 Å². The van der Waals surface area contributed by atoms with Gasteiger partial charge in [0.1, 0.15) is 0 Å². The number of methoxy groups -OCH3 is 2. The van der Waals surface area contributed by atoms with E-state index >= 15 is 0 Å². The van der Waals surface area contributed by atoms with E-state index < -0.39 is 18.0 Å². The van der Waals surface area contributed by atoms with Crippen molar-refractivity contribution in [3.63, 3.8) is 0 Å². The lowest BCUT2D eigenvalue weighted by atomic mass is 10.1. The Hall–Kier alpha value is -2.61. The number of ether oxygens (including phenoxy) is 3. The quantitative estimate of drug-likeness (QED) is 0.807. The SMILES string of the molecule is COC(=O)c1cc(NC(=O)N[C@@H]2CCOC2)cc(C(=O)OC)c1. The average molecular weight is 322 g/mol. The van der Waals surface area contributed by atoms with Crippen LogP contribution in [-0.2, 0) is 14.2 Å². The largest absolute Gasteiger partial charge is 0.465 e. The second kappa shape index (κ2) is 7.59. The maximum Gasteiger partial charge on any atom is 0.337 e. The van der Waals surface area contributed by atoms with Crippen LogP contribution in [0.15, 0.2) is 18.2 Å². The molecule has 8 heteroatoms. The molecule has 0 spiro atoms. The topological polar surface area (TPSA) is 103 Å². The zero-order valence-electron chi connectivity index (χ0n) is 12.9. The maximum atomic E-state index is 12.0. The third kappa shape index (κ3) is 4.43. The van der Waals surface area contributed by atoms with E-state index in [1.54, 1.807) is 0 Å². The molecule has 8 nitrogen and oxygen atoms in total. The number of anilines is 1. The molecule has 1 atom stereocenters. The Morgan fingerprint density at radius 1 is 1.09 bits per heavy atom. The number of carbonyl (C=O) groups excluding carboxylic acids is 3. The average Bonchev–Trinajstić information content (AvgIpc) is 3.05. The molecule has 23 heavy (non-hydrogen) atoms. The molecular weight excluding hydrogens is 304 g/mol. The summed E-state index contributed by atoms with van der Waals surface area (Å²) in [5, 5.41) is 5.33. The van der Waals surface area contributed by atoms with Crippen LogP contribution in [0, 0.1) is 0 Å². The fraction of sp³-hybridized carbons (Fsp3) is 0.400. The highest BCUT2D eigenvalue weighted by Gasteiger charge is 2.19. The molecule has 1 aromatic carbocycles. The number of amides is 2. The van der Waals surface area contributed by atoms with E-state index in [9.17, 15) is 14.4 Å². The Bertz CT molecular complexity index is 576. The molecule has 0 radical (unpaired) electrons. The summed E-state index contributed by atoms with van der Waals surface area (Å²) in [4.78, 5) is 35.3. The van der Waals surface area contributed by atoms with Gasteiger partial charge in [-0.05, 0) is 24.6 Å². The van der Waals surface area contributed by atoms with Crippen LogP contribution in [0.25, 0.3) is 0 Å². The smallest absolute Gasteiger partial charge is 0.337 e. The van der Waals surface area contributed by atoms with Crippen molar-refractivity contribution in [1.82, 2.24) is 5.32 Å². The fourth-order valence-corrected chi connectivity index (χ4v) is 2.17. The normalized spacial score (nSPS) is 16.5. The Kier molecular flexibility index (Phi) is 5.53. The molecule has 1 saturated heterocycles. The molecule has 0 aliphatic carbocycles. The summed E-state index contributed by atoms with van der Waals surface area (Å²) in [5.74, 6) is -1.24. The molecule has 1 heterocycles. The molecule has 0 aromatic heterocycles. The van der Waals surface area contributed by atoms with E-state index in [0.717, 1.165) is 6.42 Å². The molecule has 1 aliphatic heterocycles. The van der Waals surface area contributed by atoms with Gasteiger partial charge in [-0.2, -0.15) is 0 Å².